The second kappa shape index (κ2) is 5.05. The van der Waals surface area contributed by atoms with Crippen molar-refractivity contribution in [3.8, 4) is 5.75 Å². The van der Waals surface area contributed by atoms with E-state index in [1.807, 2.05) is 0 Å². The molecule has 0 fully saturated rings. The first-order valence-electron chi connectivity index (χ1n) is 4.83. The summed E-state index contributed by atoms with van der Waals surface area (Å²) in [6.45, 7) is -0.141. The van der Waals surface area contributed by atoms with E-state index in [4.69, 9.17) is 26.0 Å². The van der Waals surface area contributed by atoms with Crippen LogP contribution in [0.15, 0.2) is 28.8 Å². The van der Waals surface area contributed by atoms with Gasteiger partial charge in [0.05, 0.1) is 5.02 Å². The van der Waals surface area contributed by atoms with Crippen molar-refractivity contribution in [2.24, 2.45) is 0 Å². The number of carboxylic acid groups (broad SMARTS) is 1. The van der Waals surface area contributed by atoms with Crippen LogP contribution in [0.25, 0.3) is 0 Å². The second-order valence-electron chi connectivity index (χ2n) is 3.32. The lowest BCUT2D eigenvalue weighted by Gasteiger charge is -2.05. The molecule has 5 nitrogen and oxygen atoms in total. The lowest BCUT2D eigenvalue weighted by Crippen LogP contribution is -1.97. The van der Waals surface area contributed by atoms with Crippen molar-refractivity contribution in [3.63, 3.8) is 0 Å². The van der Waals surface area contributed by atoms with E-state index in [-0.39, 0.29) is 28.8 Å². The first kappa shape index (κ1) is 12.4. The molecule has 0 atom stereocenters. The van der Waals surface area contributed by atoms with Gasteiger partial charge in [0.15, 0.2) is 23.0 Å². The van der Waals surface area contributed by atoms with Crippen LogP contribution >= 0.6 is 11.6 Å². The summed E-state index contributed by atoms with van der Waals surface area (Å²) < 4.78 is 23.3. The predicted molar refractivity (Wildman–Crippen MR) is 59.2 cm³/mol. The van der Waals surface area contributed by atoms with E-state index in [0.29, 0.717) is 0 Å². The molecule has 0 saturated heterocycles. The Bertz CT molecular complexity index is 584. The third kappa shape index (κ3) is 2.60. The fraction of sp³-hybridized carbons (Fsp3) is 0.0909. The summed E-state index contributed by atoms with van der Waals surface area (Å²) in [4.78, 5) is 10.5. The minimum absolute atomic E-state index is 0.0456. The van der Waals surface area contributed by atoms with Crippen molar-refractivity contribution in [2.45, 2.75) is 6.61 Å². The summed E-state index contributed by atoms with van der Waals surface area (Å²) >= 11 is 5.57. The molecule has 0 aliphatic carbocycles. The minimum Gasteiger partial charge on any atom is -0.482 e. The standard InChI is InChI=1S/C11H7ClFNO4/c12-7-2-1-3-9(10(7)13)17-5-6-4-8(11(15)16)14-18-6/h1-4H,5H2,(H,15,16). The molecule has 1 heterocycles. The van der Waals surface area contributed by atoms with Gasteiger partial charge in [-0.25, -0.2) is 9.18 Å². The van der Waals surface area contributed by atoms with Gasteiger partial charge in [0, 0.05) is 6.07 Å². The summed E-state index contributed by atoms with van der Waals surface area (Å²) in [6, 6.07) is 5.52. The van der Waals surface area contributed by atoms with E-state index in [2.05, 4.69) is 5.16 Å². The van der Waals surface area contributed by atoms with Gasteiger partial charge >= 0.3 is 5.97 Å². The van der Waals surface area contributed by atoms with Gasteiger partial charge in [0.2, 0.25) is 0 Å². The molecular formula is C11H7ClFNO4. The van der Waals surface area contributed by atoms with E-state index in [9.17, 15) is 9.18 Å². The Kier molecular flexibility index (Phi) is 3.47. The Labute approximate surface area is 106 Å². The van der Waals surface area contributed by atoms with E-state index >= 15 is 0 Å². The Morgan fingerprint density at radius 3 is 3.00 bits per heavy atom. The van der Waals surface area contributed by atoms with Crippen molar-refractivity contribution >= 4 is 17.6 Å². The summed E-state index contributed by atoms with van der Waals surface area (Å²) in [5, 5.41) is 11.9. The first-order chi connectivity index (χ1) is 8.58. The molecule has 2 aromatic rings. The fourth-order valence-corrected chi connectivity index (χ4v) is 1.39. The lowest BCUT2D eigenvalue weighted by atomic mass is 10.3. The van der Waals surface area contributed by atoms with E-state index in [1.54, 1.807) is 0 Å². The van der Waals surface area contributed by atoms with Gasteiger partial charge in [-0.1, -0.05) is 22.8 Å². The van der Waals surface area contributed by atoms with Crippen molar-refractivity contribution in [3.05, 3.63) is 46.6 Å². The highest BCUT2D eigenvalue weighted by Crippen LogP contribution is 2.24. The molecule has 18 heavy (non-hydrogen) atoms. The van der Waals surface area contributed by atoms with Crippen molar-refractivity contribution in [1.29, 1.82) is 0 Å². The fourth-order valence-electron chi connectivity index (χ4n) is 1.23. The maximum absolute atomic E-state index is 13.4. The number of aromatic nitrogens is 1. The van der Waals surface area contributed by atoms with E-state index < -0.39 is 11.8 Å². The zero-order chi connectivity index (χ0) is 13.1. The van der Waals surface area contributed by atoms with Crippen molar-refractivity contribution in [2.75, 3.05) is 0 Å². The molecule has 0 spiro atoms. The van der Waals surface area contributed by atoms with E-state index in [0.717, 1.165) is 0 Å². The smallest absolute Gasteiger partial charge is 0.358 e. The Morgan fingerprint density at radius 1 is 1.56 bits per heavy atom. The highest BCUT2D eigenvalue weighted by Gasteiger charge is 2.12. The SMILES string of the molecule is O=C(O)c1cc(COc2cccc(Cl)c2F)on1. The van der Waals surface area contributed by atoms with Gasteiger partial charge in [-0.05, 0) is 12.1 Å². The number of nitrogens with zero attached hydrogens (tertiary/aromatic N) is 1. The van der Waals surface area contributed by atoms with Gasteiger partial charge in [0.25, 0.3) is 0 Å². The minimum atomic E-state index is -1.21. The van der Waals surface area contributed by atoms with E-state index in [1.165, 1.54) is 24.3 Å². The number of carboxylic acids is 1. The largest absolute Gasteiger partial charge is 0.482 e. The van der Waals surface area contributed by atoms with Crippen LogP contribution in [-0.2, 0) is 6.61 Å². The molecule has 0 radical (unpaired) electrons. The van der Waals surface area contributed by atoms with Gasteiger partial charge in [0.1, 0.15) is 6.61 Å². The number of benzene rings is 1. The van der Waals surface area contributed by atoms with Crippen LogP contribution in [0.3, 0.4) is 0 Å². The molecule has 0 bridgehead atoms. The average molecular weight is 272 g/mol. The van der Waals surface area contributed by atoms with Crippen LogP contribution in [0.4, 0.5) is 4.39 Å². The highest BCUT2D eigenvalue weighted by molar-refractivity contribution is 6.30. The lowest BCUT2D eigenvalue weighted by molar-refractivity contribution is 0.0685. The highest BCUT2D eigenvalue weighted by atomic mass is 35.5. The van der Waals surface area contributed by atoms with Gasteiger partial charge in [-0.15, -0.1) is 0 Å². The molecule has 7 heteroatoms. The van der Waals surface area contributed by atoms with Crippen LogP contribution in [0.5, 0.6) is 5.75 Å². The van der Waals surface area contributed by atoms with Crippen molar-refractivity contribution in [1.82, 2.24) is 5.16 Å². The van der Waals surface area contributed by atoms with Crippen LogP contribution < -0.4 is 4.74 Å². The molecule has 1 aromatic heterocycles. The number of hydrogen-bond donors (Lipinski definition) is 1. The molecule has 0 amide bonds. The van der Waals surface area contributed by atoms with Crippen LogP contribution in [-0.4, -0.2) is 16.2 Å². The molecule has 0 aliphatic heterocycles. The molecular weight excluding hydrogens is 265 g/mol. The molecule has 0 unspecified atom stereocenters. The van der Waals surface area contributed by atoms with Gasteiger partial charge in [-0.3, -0.25) is 0 Å². The predicted octanol–water partition coefficient (Wildman–Crippen LogP) is 2.74. The normalized spacial score (nSPS) is 10.3. The number of halogens is 2. The number of aromatic carboxylic acids is 1. The summed E-state index contributed by atoms with van der Waals surface area (Å²) in [5.41, 5.74) is -0.236. The maximum Gasteiger partial charge on any atom is 0.358 e. The second-order valence-corrected chi connectivity index (χ2v) is 3.73. The molecule has 1 N–H and O–H groups in total. The molecule has 0 aliphatic rings. The quantitative estimate of drug-likeness (QED) is 0.925. The molecule has 94 valence electrons. The monoisotopic (exact) mass is 271 g/mol. The van der Waals surface area contributed by atoms with Gasteiger partial charge in [-0.2, -0.15) is 0 Å². The maximum atomic E-state index is 13.4. The molecule has 0 saturated carbocycles. The Morgan fingerprint density at radius 2 is 2.33 bits per heavy atom. The topological polar surface area (TPSA) is 72.6 Å². The molecule has 1 aromatic carbocycles. The Hall–Kier alpha value is -2.08. The number of rotatable bonds is 4. The number of ether oxygens (including phenoxy) is 1. The summed E-state index contributed by atoms with van der Waals surface area (Å²) in [6.07, 6.45) is 0. The molecule has 2 rings (SSSR count). The number of hydrogen-bond acceptors (Lipinski definition) is 4. The summed E-state index contributed by atoms with van der Waals surface area (Å²) in [7, 11) is 0. The first-order valence-corrected chi connectivity index (χ1v) is 5.21. The van der Waals surface area contributed by atoms with Crippen LogP contribution in [0.2, 0.25) is 5.02 Å². The van der Waals surface area contributed by atoms with Crippen LogP contribution in [0.1, 0.15) is 16.2 Å². The number of carbonyl (C=O) groups is 1. The third-order valence-corrected chi connectivity index (χ3v) is 2.36. The third-order valence-electron chi connectivity index (χ3n) is 2.06. The Balaban J connectivity index is 2.07. The van der Waals surface area contributed by atoms with Crippen LogP contribution in [0, 0.1) is 5.82 Å². The van der Waals surface area contributed by atoms with Crippen molar-refractivity contribution < 1.29 is 23.6 Å². The zero-order valence-corrected chi connectivity index (χ0v) is 9.65. The summed E-state index contributed by atoms with van der Waals surface area (Å²) in [5.74, 6) is -1.77. The van der Waals surface area contributed by atoms with Gasteiger partial charge < -0.3 is 14.4 Å². The zero-order valence-electron chi connectivity index (χ0n) is 8.89. The average Bonchev–Trinajstić information content (AvgIpc) is 2.80.